The largest absolute Gasteiger partial charge is 0.400 e. The van der Waals surface area contributed by atoms with E-state index in [0.717, 1.165) is 22.8 Å². The molecule has 0 amide bonds. The topological polar surface area (TPSA) is 78.2 Å². The van der Waals surface area contributed by atoms with Crippen LogP contribution in [0, 0.1) is 5.92 Å². The quantitative estimate of drug-likeness (QED) is 0.581. The Balaban J connectivity index is 0.000000256. The summed E-state index contributed by atoms with van der Waals surface area (Å²) in [5, 5.41) is 5.51. The maximum atomic E-state index is 11.6. The molecule has 0 spiro atoms. The maximum Gasteiger partial charge on any atom is 0.313 e. The number of nitrogens with zero attached hydrogens (tertiary/aromatic N) is 1. The number of aromatic amines is 1. The predicted octanol–water partition coefficient (Wildman–Crippen LogP) is 3.68. The van der Waals surface area contributed by atoms with Gasteiger partial charge >= 0.3 is 4.83 Å². The van der Waals surface area contributed by atoms with Gasteiger partial charge in [0.25, 0.3) is 0 Å². The molecule has 5 nitrogen and oxygen atoms in total. The molecule has 5 N–H and O–H groups in total. The van der Waals surface area contributed by atoms with Gasteiger partial charge in [0.05, 0.1) is 18.6 Å². The van der Waals surface area contributed by atoms with E-state index in [-0.39, 0.29) is 6.54 Å². The summed E-state index contributed by atoms with van der Waals surface area (Å²) >= 11 is 2.14. The first-order valence-electron chi connectivity index (χ1n) is 8.10. The zero-order valence-corrected chi connectivity index (χ0v) is 15.3. The van der Waals surface area contributed by atoms with Crippen molar-refractivity contribution in [1.29, 1.82) is 0 Å². The molecule has 1 aromatic heterocycles. The second-order valence-corrected chi connectivity index (χ2v) is 7.11. The number of allylic oxidation sites excluding steroid dienone is 1. The number of nitrogens with one attached hydrogen (secondary N) is 3. The number of hydrogen-bond acceptors (Lipinski definition) is 4. The van der Waals surface area contributed by atoms with E-state index in [1.165, 1.54) is 39.2 Å². The van der Waals surface area contributed by atoms with Crippen molar-refractivity contribution in [2.45, 2.75) is 36.9 Å². The van der Waals surface area contributed by atoms with Crippen LogP contribution in [0.5, 0.6) is 0 Å². The summed E-state index contributed by atoms with van der Waals surface area (Å²) in [5.41, 5.74) is 9.47. The Morgan fingerprint density at radius 2 is 2.12 bits per heavy atom. The molecule has 0 aromatic carbocycles. The van der Waals surface area contributed by atoms with Gasteiger partial charge in [0.2, 0.25) is 0 Å². The van der Waals surface area contributed by atoms with Crippen molar-refractivity contribution in [3.8, 4) is 0 Å². The van der Waals surface area contributed by atoms with Gasteiger partial charge in [-0.25, -0.2) is 4.99 Å². The third-order valence-electron chi connectivity index (χ3n) is 4.11. The van der Waals surface area contributed by atoms with Gasteiger partial charge < -0.3 is 21.4 Å². The van der Waals surface area contributed by atoms with Gasteiger partial charge in [-0.15, -0.1) is 0 Å². The number of nitrogens with two attached hydrogens (primary N) is 1. The van der Waals surface area contributed by atoms with Crippen LogP contribution >= 0.6 is 15.9 Å². The van der Waals surface area contributed by atoms with Gasteiger partial charge in [-0.1, -0.05) is 19.3 Å². The highest BCUT2D eigenvalue weighted by Gasteiger charge is 2.22. The number of aliphatic imine (C=N–C) groups is 1. The van der Waals surface area contributed by atoms with E-state index in [9.17, 15) is 8.78 Å². The van der Waals surface area contributed by atoms with E-state index >= 15 is 0 Å². The first-order valence-corrected chi connectivity index (χ1v) is 8.89. The molecule has 2 heterocycles. The van der Waals surface area contributed by atoms with Crippen LogP contribution in [0.25, 0.3) is 5.70 Å². The Morgan fingerprint density at radius 3 is 2.71 bits per heavy atom. The second kappa shape index (κ2) is 8.62. The Kier molecular flexibility index (Phi) is 6.79. The number of H-pyrrole nitrogens is 1. The van der Waals surface area contributed by atoms with Gasteiger partial charge in [-0.05, 0) is 41.9 Å². The summed E-state index contributed by atoms with van der Waals surface area (Å²) in [6, 6.07) is 2.03. The Hall–Kier alpha value is -1.41. The zero-order valence-electron chi connectivity index (χ0n) is 13.7. The fourth-order valence-electron chi connectivity index (χ4n) is 2.97. The highest BCUT2D eigenvalue weighted by molar-refractivity contribution is 9.10. The number of hydrogen-bond donors (Lipinski definition) is 4. The molecular weight excluding hydrogens is 380 g/mol. The normalized spacial score (nSPS) is 19.8. The van der Waals surface area contributed by atoms with Crippen LogP contribution in [0.15, 0.2) is 23.0 Å². The highest BCUT2D eigenvalue weighted by atomic mass is 79.9. The van der Waals surface area contributed by atoms with Gasteiger partial charge in [0, 0.05) is 23.4 Å². The molecule has 8 heteroatoms. The first kappa shape index (κ1) is 18.9. The van der Waals surface area contributed by atoms with Crippen molar-refractivity contribution in [2.75, 3.05) is 13.6 Å². The minimum absolute atomic E-state index is 0.326. The summed E-state index contributed by atoms with van der Waals surface area (Å²) in [5.74, 6) is 1.43. The minimum Gasteiger partial charge on any atom is -0.400 e. The standard InChI is InChI=1S/C13H18N4.C3H6BrF2N/c14-11(9-4-2-1-3-5-9)12-10-6-7-15-13(10)17-8-16-12;1-7-2-3(4,5)6/h6-9,15H,1-5,14H2,(H,16,17);7H,2H2,1H3/b12-11-;. The lowest BCUT2D eigenvalue weighted by Gasteiger charge is -2.25. The molecule has 0 atom stereocenters. The van der Waals surface area contributed by atoms with Crippen molar-refractivity contribution in [3.63, 3.8) is 0 Å². The van der Waals surface area contributed by atoms with Crippen molar-refractivity contribution < 1.29 is 8.78 Å². The third-order valence-corrected chi connectivity index (χ3v) is 4.39. The van der Waals surface area contributed by atoms with E-state index in [1.54, 1.807) is 6.34 Å². The van der Waals surface area contributed by atoms with E-state index in [4.69, 9.17) is 5.73 Å². The highest BCUT2D eigenvalue weighted by Crippen LogP contribution is 2.33. The number of halogens is 3. The second-order valence-electron chi connectivity index (χ2n) is 5.95. The summed E-state index contributed by atoms with van der Waals surface area (Å²) in [7, 11) is 1.47. The Morgan fingerprint density at radius 1 is 1.42 bits per heavy atom. The van der Waals surface area contributed by atoms with Crippen molar-refractivity contribution >= 4 is 33.8 Å². The van der Waals surface area contributed by atoms with Gasteiger partial charge in [0.15, 0.2) is 0 Å². The smallest absolute Gasteiger partial charge is 0.313 e. The van der Waals surface area contributed by atoms with E-state index in [2.05, 4.69) is 36.5 Å². The summed E-state index contributed by atoms with van der Waals surface area (Å²) in [6.45, 7) is -0.326. The SMILES string of the molecule is CNCC(F)(F)Br.N/C(=C1\NC=Nc2[nH]ccc21)C1CCCCC1. The predicted molar refractivity (Wildman–Crippen MR) is 97.6 cm³/mol. The molecule has 1 aromatic rings. The summed E-state index contributed by atoms with van der Waals surface area (Å²) in [4.78, 5) is 4.62. The molecule has 0 saturated heterocycles. The fraction of sp³-hybridized carbons (Fsp3) is 0.562. The molecule has 134 valence electrons. The molecule has 1 aliphatic heterocycles. The van der Waals surface area contributed by atoms with Crippen LogP contribution in [0.3, 0.4) is 0 Å². The van der Waals surface area contributed by atoms with E-state index < -0.39 is 4.83 Å². The lowest BCUT2D eigenvalue weighted by molar-refractivity contribution is 0.116. The van der Waals surface area contributed by atoms with Crippen LogP contribution in [0.4, 0.5) is 14.6 Å². The molecule has 0 unspecified atom stereocenters. The number of rotatable bonds is 3. The number of fused-ring (bicyclic) bond motifs is 1. The van der Waals surface area contributed by atoms with Gasteiger partial charge in [-0.3, -0.25) is 0 Å². The van der Waals surface area contributed by atoms with Gasteiger partial charge in [-0.2, -0.15) is 8.78 Å². The van der Waals surface area contributed by atoms with Crippen molar-refractivity contribution in [2.24, 2.45) is 16.6 Å². The fourth-order valence-corrected chi connectivity index (χ4v) is 3.25. The molecular formula is C16H24BrF2N5. The van der Waals surface area contributed by atoms with Crippen molar-refractivity contribution in [1.82, 2.24) is 15.6 Å². The van der Waals surface area contributed by atoms with Crippen LogP contribution in [-0.2, 0) is 0 Å². The third kappa shape index (κ3) is 5.31. The van der Waals surface area contributed by atoms with Crippen LogP contribution in [0.2, 0.25) is 0 Å². The Bertz CT molecular complexity index is 586. The average Bonchev–Trinajstić information content (AvgIpc) is 3.03. The van der Waals surface area contributed by atoms with Crippen LogP contribution in [-0.4, -0.2) is 29.7 Å². The maximum absolute atomic E-state index is 11.6. The molecule has 0 bridgehead atoms. The molecule has 24 heavy (non-hydrogen) atoms. The molecule has 1 saturated carbocycles. The monoisotopic (exact) mass is 403 g/mol. The van der Waals surface area contributed by atoms with E-state index in [0.29, 0.717) is 5.92 Å². The first-order chi connectivity index (χ1) is 11.4. The zero-order chi connectivity index (χ0) is 17.6. The molecule has 1 aliphatic carbocycles. The van der Waals surface area contributed by atoms with Crippen molar-refractivity contribution in [3.05, 3.63) is 23.5 Å². The van der Waals surface area contributed by atoms with Crippen LogP contribution in [0.1, 0.15) is 37.7 Å². The Labute approximate surface area is 149 Å². The van der Waals surface area contributed by atoms with Gasteiger partial charge in [0.1, 0.15) is 5.82 Å². The molecule has 2 aliphatic rings. The van der Waals surface area contributed by atoms with Crippen LogP contribution < -0.4 is 16.4 Å². The molecule has 3 rings (SSSR count). The average molecular weight is 404 g/mol. The summed E-state index contributed by atoms with van der Waals surface area (Å²) in [6.07, 6.45) is 10.00. The lowest BCUT2D eigenvalue weighted by Crippen LogP contribution is -2.24. The molecule has 0 radical (unpaired) electrons. The number of aromatic nitrogens is 1. The lowest BCUT2D eigenvalue weighted by atomic mass is 9.85. The number of alkyl halides is 3. The summed E-state index contributed by atoms with van der Waals surface area (Å²) < 4.78 is 23.2. The minimum atomic E-state index is -2.75. The molecule has 1 fully saturated rings. The van der Waals surface area contributed by atoms with E-state index in [1.807, 2.05) is 12.3 Å².